The van der Waals surface area contributed by atoms with Crippen molar-refractivity contribution in [1.29, 1.82) is 0 Å². The Labute approximate surface area is 132 Å². The lowest BCUT2D eigenvalue weighted by Gasteiger charge is -2.38. The van der Waals surface area contributed by atoms with Gasteiger partial charge in [0.25, 0.3) is 0 Å². The molecule has 0 saturated carbocycles. The largest absolute Gasteiger partial charge is 0.673 e. The standard InChI is InChI=1S/C9H21P.C5H13P.BF4/c1-8(2,3)10(7)9(4,5)6;1-3-4-5-6-2;2-1(3,4)5/h1-7H3;6H,3-5H2,1-2H3;/q;;-1. The van der Waals surface area contributed by atoms with E-state index in [0.717, 1.165) is 8.58 Å². The number of rotatable bonds is 3. The highest BCUT2D eigenvalue weighted by Gasteiger charge is 2.29. The molecular weight excluding hydrogens is 317 g/mol. The molecule has 0 aromatic rings. The quantitative estimate of drug-likeness (QED) is 0.220. The van der Waals surface area contributed by atoms with E-state index in [-0.39, 0.29) is 7.92 Å². The van der Waals surface area contributed by atoms with Crippen molar-refractivity contribution in [1.82, 2.24) is 0 Å². The minimum absolute atomic E-state index is 0.137. The summed E-state index contributed by atoms with van der Waals surface area (Å²) in [5.41, 5.74) is 0. The second kappa shape index (κ2) is 12.1. The highest BCUT2D eigenvalue weighted by Crippen LogP contribution is 2.55. The molecule has 0 rings (SSSR count). The second-order valence-electron chi connectivity index (χ2n) is 6.85. The summed E-state index contributed by atoms with van der Waals surface area (Å²) >= 11 is 0. The molecule has 0 aliphatic rings. The third kappa shape index (κ3) is 29.3. The molecule has 0 bridgehead atoms. The lowest BCUT2D eigenvalue weighted by atomic mass is 10.2. The van der Waals surface area contributed by atoms with Crippen molar-refractivity contribution in [2.45, 2.75) is 71.6 Å². The fourth-order valence-corrected chi connectivity index (χ4v) is 4.08. The molecule has 0 amide bonds. The molecule has 0 aromatic heterocycles. The Balaban J connectivity index is -0.000000252. The van der Waals surface area contributed by atoms with Gasteiger partial charge in [-0.3, -0.25) is 0 Å². The smallest absolute Gasteiger partial charge is 0.418 e. The Morgan fingerprint density at radius 2 is 1.19 bits per heavy atom. The van der Waals surface area contributed by atoms with Gasteiger partial charge in [0.2, 0.25) is 0 Å². The zero-order chi connectivity index (χ0) is 17.9. The van der Waals surface area contributed by atoms with Crippen molar-refractivity contribution in [2.24, 2.45) is 0 Å². The fourth-order valence-electron chi connectivity index (χ4n) is 1.36. The van der Waals surface area contributed by atoms with Gasteiger partial charge in [-0.2, -0.15) is 0 Å². The normalized spacial score (nSPS) is 12.9. The molecule has 0 nitrogen and oxygen atoms in total. The molecule has 0 heterocycles. The van der Waals surface area contributed by atoms with Gasteiger partial charge >= 0.3 is 7.25 Å². The van der Waals surface area contributed by atoms with E-state index in [2.05, 4.69) is 61.8 Å². The summed E-state index contributed by atoms with van der Waals surface area (Å²) in [6, 6.07) is 0. The predicted molar refractivity (Wildman–Crippen MR) is 96.6 cm³/mol. The molecule has 0 aromatic carbocycles. The van der Waals surface area contributed by atoms with Crippen LogP contribution < -0.4 is 0 Å². The topological polar surface area (TPSA) is 0 Å². The zero-order valence-electron chi connectivity index (χ0n) is 15.2. The van der Waals surface area contributed by atoms with Gasteiger partial charge in [-0.05, 0) is 36.2 Å². The molecule has 0 spiro atoms. The van der Waals surface area contributed by atoms with E-state index in [1.165, 1.54) is 19.0 Å². The lowest BCUT2D eigenvalue weighted by Crippen LogP contribution is -2.23. The average Bonchev–Trinajstić information content (AvgIpc) is 2.21. The predicted octanol–water partition coefficient (Wildman–Crippen LogP) is 7.09. The van der Waals surface area contributed by atoms with Crippen LogP contribution in [0.4, 0.5) is 17.3 Å². The van der Waals surface area contributed by atoms with Crippen molar-refractivity contribution in [3.8, 4) is 0 Å². The zero-order valence-corrected chi connectivity index (χ0v) is 17.1. The van der Waals surface area contributed by atoms with Gasteiger partial charge in [0.1, 0.15) is 0 Å². The van der Waals surface area contributed by atoms with Crippen molar-refractivity contribution in [3.05, 3.63) is 0 Å². The summed E-state index contributed by atoms with van der Waals surface area (Å²) in [7, 11) is -4.70. The van der Waals surface area contributed by atoms with Crippen LogP contribution in [0.1, 0.15) is 61.3 Å². The fraction of sp³-hybridized carbons (Fsp3) is 1.00. The number of hydrogen-bond donors (Lipinski definition) is 0. The van der Waals surface area contributed by atoms with Crippen LogP contribution in [0.2, 0.25) is 0 Å². The highest BCUT2D eigenvalue weighted by atomic mass is 31.1. The molecule has 132 valence electrons. The maximum atomic E-state index is 9.75. The summed E-state index contributed by atoms with van der Waals surface area (Å²) < 4.78 is 39.0. The van der Waals surface area contributed by atoms with Crippen LogP contribution in [0.3, 0.4) is 0 Å². The van der Waals surface area contributed by atoms with Crippen LogP contribution in [0.15, 0.2) is 0 Å². The molecule has 0 N–H and O–H groups in total. The molecular formula is C14H34BF4P2-. The Hall–Kier alpha value is 0.645. The third-order valence-electron chi connectivity index (χ3n) is 2.79. The molecule has 21 heavy (non-hydrogen) atoms. The van der Waals surface area contributed by atoms with Crippen molar-refractivity contribution >= 4 is 23.8 Å². The summed E-state index contributed by atoms with van der Waals surface area (Å²) in [5, 5.41) is 1.02. The molecule has 0 aliphatic carbocycles. The van der Waals surface area contributed by atoms with Crippen molar-refractivity contribution < 1.29 is 17.3 Å². The Morgan fingerprint density at radius 3 is 1.24 bits per heavy atom. The maximum Gasteiger partial charge on any atom is 0.673 e. The molecule has 0 radical (unpaired) electrons. The van der Waals surface area contributed by atoms with Crippen molar-refractivity contribution in [2.75, 3.05) is 19.5 Å². The Bertz CT molecular complexity index is 209. The molecule has 0 aliphatic heterocycles. The first-order valence-corrected chi connectivity index (χ1v) is 10.8. The van der Waals surface area contributed by atoms with Crippen LogP contribution >= 0.6 is 16.5 Å². The number of unbranched alkanes of at least 4 members (excludes halogenated alkanes) is 1. The van der Waals surface area contributed by atoms with Crippen LogP contribution in [-0.4, -0.2) is 37.1 Å². The first-order valence-electron chi connectivity index (χ1n) is 7.33. The van der Waals surface area contributed by atoms with E-state index in [1.54, 1.807) is 0 Å². The van der Waals surface area contributed by atoms with Gasteiger partial charge in [0, 0.05) is 0 Å². The number of hydrogen-bond acceptors (Lipinski definition) is 0. The van der Waals surface area contributed by atoms with E-state index < -0.39 is 7.25 Å². The third-order valence-corrected chi connectivity index (χ3v) is 7.67. The molecule has 0 saturated heterocycles. The minimum Gasteiger partial charge on any atom is -0.418 e. The summed E-state index contributed by atoms with van der Waals surface area (Å²) in [5.74, 6) is 0. The lowest BCUT2D eigenvalue weighted by molar-refractivity contribution is 0.368. The van der Waals surface area contributed by atoms with E-state index in [9.17, 15) is 17.3 Å². The average molecular weight is 351 g/mol. The Morgan fingerprint density at radius 1 is 0.905 bits per heavy atom. The van der Waals surface area contributed by atoms with Gasteiger partial charge in [-0.15, -0.1) is 8.58 Å². The van der Waals surface area contributed by atoms with Crippen LogP contribution in [-0.2, 0) is 0 Å². The van der Waals surface area contributed by atoms with Crippen LogP contribution in [0, 0.1) is 0 Å². The molecule has 0 fully saturated rings. The van der Waals surface area contributed by atoms with E-state index in [4.69, 9.17) is 0 Å². The maximum absolute atomic E-state index is 9.75. The first-order chi connectivity index (χ1) is 9.07. The number of halogens is 4. The van der Waals surface area contributed by atoms with Gasteiger partial charge in [0.15, 0.2) is 0 Å². The molecule has 1 atom stereocenters. The monoisotopic (exact) mass is 351 g/mol. The second-order valence-corrected chi connectivity index (χ2v) is 11.9. The molecule has 1 unspecified atom stereocenters. The van der Waals surface area contributed by atoms with Crippen LogP contribution in [0.25, 0.3) is 0 Å². The van der Waals surface area contributed by atoms with E-state index >= 15 is 0 Å². The van der Waals surface area contributed by atoms with Gasteiger partial charge < -0.3 is 17.3 Å². The van der Waals surface area contributed by atoms with Gasteiger partial charge in [-0.1, -0.05) is 62.8 Å². The minimum atomic E-state index is -6.00. The highest BCUT2D eigenvalue weighted by molar-refractivity contribution is 7.60. The summed E-state index contributed by atoms with van der Waals surface area (Å²) in [6.45, 7) is 20.9. The van der Waals surface area contributed by atoms with Gasteiger partial charge in [0.05, 0.1) is 0 Å². The van der Waals surface area contributed by atoms with E-state index in [1.807, 2.05) is 0 Å². The van der Waals surface area contributed by atoms with Crippen molar-refractivity contribution in [3.63, 3.8) is 0 Å². The SMILES string of the molecule is CCCCPC.CP(C(C)(C)C)C(C)(C)C.F[B-](F)(F)F. The Kier molecular flexibility index (Phi) is 15.3. The molecule has 7 heteroatoms. The van der Waals surface area contributed by atoms with Gasteiger partial charge in [-0.25, -0.2) is 0 Å². The summed E-state index contributed by atoms with van der Waals surface area (Å²) in [4.78, 5) is 0. The van der Waals surface area contributed by atoms with E-state index in [0.29, 0.717) is 10.3 Å². The summed E-state index contributed by atoms with van der Waals surface area (Å²) in [6.07, 6.45) is 4.23. The van der Waals surface area contributed by atoms with Crippen LogP contribution in [0.5, 0.6) is 0 Å². The first kappa shape index (κ1) is 26.5.